The number of H-pyrrole nitrogens is 1. The highest BCUT2D eigenvalue weighted by Gasteiger charge is 2.27. The third-order valence-corrected chi connectivity index (χ3v) is 5.86. The molecule has 0 unspecified atom stereocenters. The lowest BCUT2D eigenvalue weighted by Gasteiger charge is -2.26. The molecule has 1 fully saturated rings. The largest absolute Gasteiger partial charge is 0.444 e. The van der Waals surface area contributed by atoms with Crippen molar-refractivity contribution in [3.8, 4) is 0 Å². The number of nitrogens with one attached hydrogen (secondary N) is 1. The number of halogens is 1. The Hall–Kier alpha value is -3.23. The van der Waals surface area contributed by atoms with E-state index < -0.39 is 23.4 Å². The van der Waals surface area contributed by atoms with Crippen LogP contribution >= 0.6 is 0 Å². The molecule has 2 amide bonds. The van der Waals surface area contributed by atoms with Crippen LogP contribution in [0.5, 0.6) is 0 Å². The van der Waals surface area contributed by atoms with Crippen LogP contribution in [0.4, 0.5) is 9.18 Å². The fourth-order valence-electron chi connectivity index (χ4n) is 4.08. The van der Waals surface area contributed by atoms with Gasteiger partial charge >= 0.3 is 6.09 Å². The molecule has 1 aliphatic rings. The van der Waals surface area contributed by atoms with E-state index in [1.54, 1.807) is 28.9 Å². The third-order valence-electron chi connectivity index (χ3n) is 5.86. The lowest BCUT2D eigenvalue weighted by molar-refractivity contribution is 0.0255. The van der Waals surface area contributed by atoms with Crippen molar-refractivity contribution >= 4 is 12.0 Å². The molecule has 3 rings (SSSR count). The van der Waals surface area contributed by atoms with Gasteiger partial charge in [-0.2, -0.15) is 5.10 Å². The monoisotopic (exact) mass is 472 g/mol. The molecule has 1 aliphatic heterocycles. The first-order valence-electron chi connectivity index (χ1n) is 11.6. The van der Waals surface area contributed by atoms with E-state index >= 15 is 0 Å². The summed E-state index contributed by atoms with van der Waals surface area (Å²) in [6.07, 6.45) is 1.18. The maximum atomic E-state index is 14.7. The van der Waals surface area contributed by atoms with Gasteiger partial charge in [-0.3, -0.25) is 9.59 Å². The number of benzene rings is 1. The fourth-order valence-corrected chi connectivity index (χ4v) is 4.08. The summed E-state index contributed by atoms with van der Waals surface area (Å²) in [4.78, 5) is 40.6. The van der Waals surface area contributed by atoms with E-state index in [4.69, 9.17) is 4.74 Å². The molecule has 0 aliphatic carbocycles. The first-order valence-corrected chi connectivity index (χ1v) is 11.6. The summed E-state index contributed by atoms with van der Waals surface area (Å²) in [6, 6.07) is 4.47. The van der Waals surface area contributed by atoms with Gasteiger partial charge in [-0.25, -0.2) is 14.3 Å². The molecule has 0 atom stereocenters. The molecular weight excluding hydrogens is 439 g/mol. The number of hydrogen-bond acceptors (Lipinski definition) is 5. The first kappa shape index (κ1) is 25.4. The number of carbonyl (C=O) groups excluding carboxylic acids is 2. The van der Waals surface area contributed by atoms with Crippen molar-refractivity contribution in [2.75, 3.05) is 26.2 Å². The van der Waals surface area contributed by atoms with Crippen molar-refractivity contribution in [2.24, 2.45) is 0 Å². The van der Waals surface area contributed by atoms with Gasteiger partial charge in [-0.15, -0.1) is 0 Å². The van der Waals surface area contributed by atoms with Crippen LogP contribution in [0.25, 0.3) is 0 Å². The summed E-state index contributed by atoms with van der Waals surface area (Å²) in [5.74, 6) is -1.00. The van der Waals surface area contributed by atoms with Crippen LogP contribution in [0.1, 0.15) is 66.9 Å². The summed E-state index contributed by atoms with van der Waals surface area (Å²) in [6.45, 7) is 10.6. The molecule has 1 N–H and O–H groups in total. The van der Waals surface area contributed by atoms with Crippen LogP contribution in [-0.4, -0.2) is 63.8 Å². The molecule has 184 valence electrons. The summed E-state index contributed by atoms with van der Waals surface area (Å²) in [7, 11) is 0. The maximum absolute atomic E-state index is 14.7. The van der Waals surface area contributed by atoms with E-state index in [-0.39, 0.29) is 11.1 Å². The van der Waals surface area contributed by atoms with Gasteiger partial charge < -0.3 is 14.5 Å². The Morgan fingerprint density at radius 1 is 1.15 bits per heavy atom. The average Bonchev–Trinajstić information content (AvgIpc) is 3.03. The van der Waals surface area contributed by atoms with Gasteiger partial charge in [0.05, 0.1) is 11.3 Å². The summed E-state index contributed by atoms with van der Waals surface area (Å²) in [5, 5.41) is 6.68. The van der Waals surface area contributed by atoms with Crippen molar-refractivity contribution in [3.05, 3.63) is 62.3 Å². The quantitative estimate of drug-likeness (QED) is 0.735. The maximum Gasteiger partial charge on any atom is 0.410 e. The highest BCUT2D eigenvalue weighted by atomic mass is 19.1. The number of nitrogens with zero attached hydrogens (tertiary/aromatic N) is 3. The first-order chi connectivity index (χ1) is 16.0. The van der Waals surface area contributed by atoms with Gasteiger partial charge in [0.25, 0.3) is 11.5 Å². The van der Waals surface area contributed by atoms with Gasteiger partial charge in [0.1, 0.15) is 11.4 Å². The highest BCUT2D eigenvalue weighted by molar-refractivity contribution is 5.94. The zero-order chi connectivity index (χ0) is 25.0. The van der Waals surface area contributed by atoms with Crippen molar-refractivity contribution in [3.63, 3.8) is 0 Å². The minimum absolute atomic E-state index is 0.0117. The van der Waals surface area contributed by atoms with E-state index in [1.807, 2.05) is 27.7 Å². The lowest BCUT2D eigenvalue weighted by atomic mass is 9.99. The van der Waals surface area contributed by atoms with Crippen LogP contribution < -0.4 is 5.56 Å². The Morgan fingerprint density at radius 3 is 2.50 bits per heavy atom. The Labute approximate surface area is 199 Å². The van der Waals surface area contributed by atoms with Crippen LogP contribution in [0, 0.1) is 12.7 Å². The third kappa shape index (κ3) is 6.01. The number of hydrogen-bond donors (Lipinski definition) is 1. The summed E-state index contributed by atoms with van der Waals surface area (Å²) >= 11 is 0. The van der Waals surface area contributed by atoms with Crippen molar-refractivity contribution in [2.45, 2.75) is 59.5 Å². The van der Waals surface area contributed by atoms with Gasteiger partial charge in [0.2, 0.25) is 0 Å². The van der Waals surface area contributed by atoms with Gasteiger partial charge in [-0.05, 0) is 63.8 Å². The molecule has 0 saturated carbocycles. The molecule has 8 nitrogen and oxygen atoms in total. The van der Waals surface area contributed by atoms with Crippen LogP contribution in [0.15, 0.2) is 23.0 Å². The number of aromatic amines is 1. The molecule has 0 radical (unpaired) electrons. The van der Waals surface area contributed by atoms with Crippen LogP contribution in [0.3, 0.4) is 0 Å². The molecule has 2 heterocycles. The molecule has 1 saturated heterocycles. The molecular formula is C25H33FN4O4. The zero-order valence-electron chi connectivity index (χ0n) is 20.5. The Morgan fingerprint density at radius 2 is 1.82 bits per heavy atom. The Balaban J connectivity index is 1.76. The van der Waals surface area contributed by atoms with Gasteiger partial charge in [0, 0.05) is 38.2 Å². The van der Waals surface area contributed by atoms with Crippen molar-refractivity contribution in [1.82, 2.24) is 20.0 Å². The standard InChI is InChI=1S/C25H33FN4O4/c1-6-18-16(2)22(31)28-27-21(18)15-17-8-9-20(26)19(14-17)23(32)29-10-7-11-30(13-12-29)24(33)34-25(3,4)5/h8-9,14H,6-7,10-13,15H2,1-5H3,(H,28,31). The summed E-state index contributed by atoms with van der Waals surface area (Å²) < 4.78 is 20.1. The molecule has 9 heteroatoms. The molecule has 1 aromatic heterocycles. The minimum Gasteiger partial charge on any atom is -0.444 e. The van der Waals surface area contributed by atoms with E-state index in [0.29, 0.717) is 56.7 Å². The smallest absolute Gasteiger partial charge is 0.410 e. The predicted molar refractivity (Wildman–Crippen MR) is 127 cm³/mol. The average molecular weight is 473 g/mol. The fraction of sp³-hybridized carbons (Fsp3) is 0.520. The summed E-state index contributed by atoms with van der Waals surface area (Å²) in [5.41, 5.74) is 2.07. The number of amides is 2. The van der Waals surface area contributed by atoms with E-state index in [1.165, 1.54) is 6.07 Å². The second-order valence-electron chi connectivity index (χ2n) is 9.56. The van der Waals surface area contributed by atoms with Crippen molar-refractivity contribution in [1.29, 1.82) is 0 Å². The van der Waals surface area contributed by atoms with E-state index in [9.17, 15) is 18.8 Å². The van der Waals surface area contributed by atoms with Crippen molar-refractivity contribution < 1.29 is 18.7 Å². The van der Waals surface area contributed by atoms with E-state index in [2.05, 4.69) is 10.2 Å². The number of ether oxygens (including phenoxy) is 1. The predicted octanol–water partition coefficient (Wildman–Crippen LogP) is 3.45. The molecule has 2 aromatic rings. The second kappa shape index (κ2) is 10.4. The normalized spacial score (nSPS) is 14.6. The number of carbonyl (C=O) groups is 2. The topological polar surface area (TPSA) is 95.6 Å². The zero-order valence-corrected chi connectivity index (χ0v) is 20.5. The highest BCUT2D eigenvalue weighted by Crippen LogP contribution is 2.19. The number of aromatic nitrogens is 2. The SMILES string of the molecule is CCc1c(Cc2ccc(F)c(C(=O)N3CCCN(C(=O)OC(C)(C)C)CC3)c2)n[nH]c(=O)c1C. The van der Waals surface area contributed by atoms with Gasteiger partial charge in [-0.1, -0.05) is 13.0 Å². The minimum atomic E-state index is -0.598. The van der Waals surface area contributed by atoms with Gasteiger partial charge in [0.15, 0.2) is 0 Å². The molecule has 1 aromatic carbocycles. The second-order valence-corrected chi connectivity index (χ2v) is 9.56. The molecule has 34 heavy (non-hydrogen) atoms. The number of rotatable bonds is 4. The Kier molecular flexibility index (Phi) is 7.74. The van der Waals surface area contributed by atoms with Crippen LogP contribution in [0.2, 0.25) is 0 Å². The van der Waals surface area contributed by atoms with Crippen LogP contribution in [-0.2, 0) is 17.6 Å². The Bertz CT molecular complexity index is 1120. The molecule has 0 bridgehead atoms. The molecule has 0 spiro atoms. The lowest BCUT2D eigenvalue weighted by Crippen LogP contribution is -2.40. The van der Waals surface area contributed by atoms with E-state index in [0.717, 1.165) is 11.1 Å².